The number of aryl methyl sites for hydroxylation is 1. The highest BCUT2D eigenvalue weighted by Gasteiger charge is 2.18. The van der Waals surface area contributed by atoms with Crippen molar-refractivity contribution in [1.29, 1.82) is 0 Å². The van der Waals surface area contributed by atoms with Gasteiger partial charge >= 0.3 is 5.69 Å². The summed E-state index contributed by atoms with van der Waals surface area (Å²) in [6.07, 6.45) is 0. The van der Waals surface area contributed by atoms with Crippen molar-refractivity contribution in [2.75, 3.05) is 0 Å². The highest BCUT2D eigenvalue weighted by molar-refractivity contribution is 5.94. The molecular formula is C14H18N4O3. The molecule has 0 aromatic carbocycles. The molecule has 0 aliphatic carbocycles. The van der Waals surface area contributed by atoms with Crippen LogP contribution in [-0.4, -0.2) is 25.6 Å². The summed E-state index contributed by atoms with van der Waals surface area (Å²) in [5.74, 6) is -0.350. The van der Waals surface area contributed by atoms with Crippen LogP contribution >= 0.6 is 0 Å². The van der Waals surface area contributed by atoms with Crippen LogP contribution in [0.1, 0.15) is 31.3 Å². The largest absolute Gasteiger partial charge is 0.346 e. The zero-order valence-corrected chi connectivity index (χ0v) is 12.7. The van der Waals surface area contributed by atoms with E-state index in [9.17, 15) is 14.4 Å². The normalized spacial score (nSPS) is 11.7. The minimum absolute atomic E-state index is 0.167. The van der Waals surface area contributed by atoms with Crippen molar-refractivity contribution in [3.8, 4) is 0 Å². The number of amides is 1. The lowest BCUT2D eigenvalue weighted by Gasteiger charge is -2.20. The van der Waals surface area contributed by atoms with E-state index in [-0.39, 0.29) is 17.2 Å². The Labute approximate surface area is 121 Å². The van der Waals surface area contributed by atoms with Crippen molar-refractivity contribution in [3.05, 3.63) is 38.7 Å². The quantitative estimate of drug-likeness (QED) is 0.810. The Bertz CT molecular complexity index is 840. The molecule has 2 aromatic heterocycles. The van der Waals surface area contributed by atoms with Crippen molar-refractivity contribution in [3.63, 3.8) is 0 Å². The lowest BCUT2D eigenvalue weighted by molar-refractivity contribution is 0.0914. The average molecular weight is 290 g/mol. The number of carbonyl (C=O) groups is 1. The molecular weight excluding hydrogens is 272 g/mol. The van der Waals surface area contributed by atoms with Gasteiger partial charge in [0.25, 0.3) is 11.5 Å². The van der Waals surface area contributed by atoms with Gasteiger partial charge in [0.05, 0.1) is 5.39 Å². The molecule has 2 aromatic rings. The van der Waals surface area contributed by atoms with E-state index in [4.69, 9.17) is 0 Å². The van der Waals surface area contributed by atoms with Gasteiger partial charge in [-0.05, 0) is 32.9 Å². The number of nitrogens with zero attached hydrogens (tertiary/aromatic N) is 3. The summed E-state index contributed by atoms with van der Waals surface area (Å²) in [5, 5.41) is 3.09. The van der Waals surface area contributed by atoms with E-state index in [0.717, 1.165) is 4.57 Å². The fourth-order valence-electron chi connectivity index (χ4n) is 1.99. The summed E-state index contributed by atoms with van der Waals surface area (Å²) in [6, 6.07) is 3.00. The standard InChI is InChI=1S/C14H18N4O3/c1-14(2,3)16-11(19)9-7-6-8-10(15-9)17(4)13(21)18(5)12(8)20/h6-7H,1-5H3,(H,16,19). The summed E-state index contributed by atoms with van der Waals surface area (Å²) in [5.41, 5.74) is -0.936. The van der Waals surface area contributed by atoms with E-state index in [1.54, 1.807) is 0 Å². The summed E-state index contributed by atoms with van der Waals surface area (Å²) in [4.78, 5) is 40.2. The van der Waals surface area contributed by atoms with E-state index < -0.39 is 16.8 Å². The molecule has 21 heavy (non-hydrogen) atoms. The number of rotatable bonds is 1. The maximum absolute atomic E-state index is 12.1. The topological polar surface area (TPSA) is 86.0 Å². The Balaban J connectivity index is 2.65. The van der Waals surface area contributed by atoms with Crippen LogP contribution in [0, 0.1) is 0 Å². The molecule has 0 aliphatic rings. The summed E-state index contributed by atoms with van der Waals surface area (Å²) < 4.78 is 2.27. The molecule has 0 unspecified atom stereocenters. The molecule has 2 heterocycles. The maximum Gasteiger partial charge on any atom is 0.332 e. The molecule has 0 saturated carbocycles. The number of hydrogen-bond acceptors (Lipinski definition) is 4. The van der Waals surface area contributed by atoms with Crippen LogP contribution < -0.4 is 16.6 Å². The number of pyridine rings is 1. The Hall–Kier alpha value is -2.44. The molecule has 0 fully saturated rings. The Morgan fingerprint density at radius 3 is 2.33 bits per heavy atom. The molecule has 1 amide bonds. The zero-order valence-electron chi connectivity index (χ0n) is 12.7. The number of fused-ring (bicyclic) bond motifs is 1. The fourth-order valence-corrected chi connectivity index (χ4v) is 1.99. The van der Waals surface area contributed by atoms with Gasteiger partial charge in [-0.1, -0.05) is 0 Å². The van der Waals surface area contributed by atoms with Crippen LogP contribution in [0.25, 0.3) is 11.0 Å². The number of hydrogen-bond donors (Lipinski definition) is 1. The van der Waals surface area contributed by atoms with Crippen LogP contribution in [0.4, 0.5) is 0 Å². The molecule has 0 saturated heterocycles. The number of carbonyl (C=O) groups excluding carboxylic acids is 1. The summed E-state index contributed by atoms with van der Waals surface area (Å²) in [6.45, 7) is 5.58. The van der Waals surface area contributed by atoms with E-state index in [0.29, 0.717) is 5.39 Å². The minimum Gasteiger partial charge on any atom is -0.346 e. The van der Waals surface area contributed by atoms with Crippen molar-refractivity contribution >= 4 is 16.9 Å². The second-order valence-corrected chi connectivity index (χ2v) is 5.98. The SMILES string of the molecule is Cn1c(=O)c2ccc(C(=O)NC(C)(C)C)nc2n(C)c1=O. The molecule has 1 N–H and O–H groups in total. The molecule has 112 valence electrons. The van der Waals surface area contributed by atoms with Crippen molar-refractivity contribution in [1.82, 2.24) is 19.4 Å². The first kappa shape index (κ1) is 15.0. The third-order valence-electron chi connectivity index (χ3n) is 3.02. The Morgan fingerprint density at radius 1 is 1.14 bits per heavy atom. The molecule has 0 spiro atoms. The minimum atomic E-state index is -0.478. The second kappa shape index (κ2) is 4.83. The Kier molecular flexibility index (Phi) is 3.44. The molecule has 0 bridgehead atoms. The van der Waals surface area contributed by atoms with E-state index in [1.165, 1.54) is 30.8 Å². The molecule has 0 atom stereocenters. The van der Waals surface area contributed by atoms with Gasteiger partial charge in [-0.25, -0.2) is 9.78 Å². The molecule has 7 nitrogen and oxygen atoms in total. The first-order valence-corrected chi connectivity index (χ1v) is 6.51. The van der Waals surface area contributed by atoms with Crippen LogP contribution in [-0.2, 0) is 14.1 Å². The summed E-state index contributed by atoms with van der Waals surface area (Å²) in [7, 11) is 2.92. The summed E-state index contributed by atoms with van der Waals surface area (Å²) >= 11 is 0. The van der Waals surface area contributed by atoms with Gasteiger partial charge in [0, 0.05) is 19.6 Å². The first-order valence-electron chi connectivity index (χ1n) is 6.51. The third kappa shape index (κ3) is 2.72. The van der Waals surface area contributed by atoms with Crippen LogP contribution in [0.15, 0.2) is 21.7 Å². The maximum atomic E-state index is 12.1. The fraction of sp³-hybridized carbons (Fsp3) is 0.429. The van der Waals surface area contributed by atoms with Gasteiger partial charge in [-0.15, -0.1) is 0 Å². The number of nitrogens with one attached hydrogen (secondary N) is 1. The predicted octanol–water partition coefficient (Wildman–Crippen LogP) is 0.160. The third-order valence-corrected chi connectivity index (χ3v) is 3.02. The predicted molar refractivity (Wildman–Crippen MR) is 79.4 cm³/mol. The molecule has 0 aliphatic heterocycles. The Morgan fingerprint density at radius 2 is 1.76 bits per heavy atom. The van der Waals surface area contributed by atoms with Gasteiger partial charge in [0.1, 0.15) is 11.3 Å². The van der Waals surface area contributed by atoms with E-state index in [2.05, 4.69) is 10.3 Å². The lowest BCUT2D eigenvalue weighted by atomic mass is 10.1. The van der Waals surface area contributed by atoms with Crippen LogP contribution in [0.2, 0.25) is 0 Å². The van der Waals surface area contributed by atoms with Crippen LogP contribution in [0.3, 0.4) is 0 Å². The van der Waals surface area contributed by atoms with E-state index >= 15 is 0 Å². The highest BCUT2D eigenvalue weighted by atomic mass is 16.2. The molecule has 2 rings (SSSR count). The molecule has 0 radical (unpaired) electrons. The molecule has 7 heteroatoms. The van der Waals surface area contributed by atoms with Crippen molar-refractivity contribution < 1.29 is 4.79 Å². The van der Waals surface area contributed by atoms with Crippen molar-refractivity contribution in [2.24, 2.45) is 14.1 Å². The van der Waals surface area contributed by atoms with Crippen LogP contribution in [0.5, 0.6) is 0 Å². The monoisotopic (exact) mass is 290 g/mol. The van der Waals surface area contributed by atoms with Gasteiger partial charge in [0.15, 0.2) is 0 Å². The van der Waals surface area contributed by atoms with Gasteiger partial charge in [-0.3, -0.25) is 18.7 Å². The highest BCUT2D eigenvalue weighted by Crippen LogP contribution is 2.08. The lowest BCUT2D eigenvalue weighted by Crippen LogP contribution is -2.41. The van der Waals surface area contributed by atoms with Crippen molar-refractivity contribution in [2.45, 2.75) is 26.3 Å². The van der Waals surface area contributed by atoms with Gasteiger partial charge in [-0.2, -0.15) is 0 Å². The number of aromatic nitrogens is 3. The van der Waals surface area contributed by atoms with Gasteiger partial charge < -0.3 is 5.32 Å². The smallest absolute Gasteiger partial charge is 0.332 e. The first-order chi connectivity index (χ1) is 9.61. The zero-order chi connectivity index (χ0) is 15.9. The van der Waals surface area contributed by atoms with E-state index in [1.807, 2.05) is 20.8 Å². The average Bonchev–Trinajstić information content (AvgIpc) is 2.40. The second-order valence-electron chi connectivity index (χ2n) is 5.98. The van der Waals surface area contributed by atoms with Gasteiger partial charge in [0.2, 0.25) is 0 Å².